The first-order valence-electron chi connectivity index (χ1n) is 12.9. The average molecular weight is 556 g/mol. The Balaban J connectivity index is 1.59. The zero-order valence-electron chi connectivity index (χ0n) is 21.4. The fourth-order valence-corrected chi connectivity index (χ4v) is 4.71. The van der Waals surface area contributed by atoms with Crippen LogP contribution in [0, 0.1) is 0 Å². The predicted octanol–water partition coefficient (Wildman–Crippen LogP) is 6.21. The van der Waals surface area contributed by atoms with E-state index in [4.69, 9.17) is 32.7 Å². The summed E-state index contributed by atoms with van der Waals surface area (Å²) in [5.74, 6) is 1.09. The smallest absolute Gasteiger partial charge is 0.243 e. The molecule has 8 heteroatoms. The van der Waals surface area contributed by atoms with Crippen molar-refractivity contribution < 1.29 is 19.1 Å². The summed E-state index contributed by atoms with van der Waals surface area (Å²) in [6.07, 6.45) is 2.97. The van der Waals surface area contributed by atoms with Crippen LogP contribution in [0.25, 0.3) is 0 Å². The van der Waals surface area contributed by atoms with Crippen LogP contribution in [-0.4, -0.2) is 36.1 Å². The van der Waals surface area contributed by atoms with E-state index < -0.39 is 6.04 Å². The lowest BCUT2D eigenvalue weighted by Gasteiger charge is -2.32. The topological polar surface area (TPSA) is 67.9 Å². The van der Waals surface area contributed by atoms with Gasteiger partial charge in [0.1, 0.15) is 6.04 Å². The van der Waals surface area contributed by atoms with E-state index >= 15 is 0 Å². The Hall–Kier alpha value is -3.22. The Morgan fingerprint density at radius 2 is 1.68 bits per heavy atom. The molecule has 38 heavy (non-hydrogen) atoms. The number of halogens is 2. The highest BCUT2D eigenvalue weighted by Crippen LogP contribution is 2.33. The molecule has 4 rings (SSSR count). The number of amides is 2. The number of carbonyl (C=O) groups is 2. The molecule has 0 unspecified atom stereocenters. The third kappa shape index (κ3) is 7.42. The van der Waals surface area contributed by atoms with Crippen molar-refractivity contribution in [1.29, 1.82) is 0 Å². The largest absolute Gasteiger partial charge is 0.454 e. The van der Waals surface area contributed by atoms with E-state index in [-0.39, 0.29) is 31.6 Å². The number of unbranched alkanes of at least 4 members (excludes halogenated alkanes) is 1. The van der Waals surface area contributed by atoms with E-state index in [2.05, 4.69) is 12.2 Å². The maximum absolute atomic E-state index is 13.8. The lowest BCUT2D eigenvalue weighted by molar-refractivity contribution is -0.141. The molecule has 1 N–H and O–H groups in total. The highest BCUT2D eigenvalue weighted by Gasteiger charge is 2.30. The van der Waals surface area contributed by atoms with Crippen LogP contribution >= 0.6 is 23.2 Å². The zero-order valence-corrected chi connectivity index (χ0v) is 22.9. The molecule has 0 saturated carbocycles. The van der Waals surface area contributed by atoms with E-state index in [0.29, 0.717) is 40.9 Å². The maximum Gasteiger partial charge on any atom is 0.243 e. The maximum atomic E-state index is 13.8. The number of fused-ring (bicyclic) bond motifs is 1. The van der Waals surface area contributed by atoms with Crippen LogP contribution in [0.4, 0.5) is 0 Å². The highest BCUT2D eigenvalue weighted by molar-refractivity contribution is 6.42. The van der Waals surface area contributed by atoms with Crippen molar-refractivity contribution in [1.82, 2.24) is 10.2 Å². The van der Waals surface area contributed by atoms with Gasteiger partial charge in [-0.25, -0.2) is 0 Å². The van der Waals surface area contributed by atoms with Crippen molar-refractivity contribution in [2.24, 2.45) is 0 Å². The molecule has 0 fully saturated rings. The summed E-state index contributed by atoms with van der Waals surface area (Å²) < 4.78 is 10.9. The van der Waals surface area contributed by atoms with Gasteiger partial charge in [-0.15, -0.1) is 0 Å². The Labute approximate surface area is 233 Å². The lowest BCUT2D eigenvalue weighted by atomic mass is 10.0. The molecule has 0 aromatic heterocycles. The highest BCUT2D eigenvalue weighted by atomic mass is 35.5. The van der Waals surface area contributed by atoms with E-state index in [0.717, 1.165) is 29.5 Å². The quantitative estimate of drug-likeness (QED) is 0.270. The molecule has 0 saturated heterocycles. The molecule has 6 nitrogen and oxygen atoms in total. The molecule has 0 radical (unpaired) electrons. The summed E-state index contributed by atoms with van der Waals surface area (Å²) >= 11 is 12.4. The van der Waals surface area contributed by atoms with Gasteiger partial charge in [-0.1, -0.05) is 79.0 Å². The van der Waals surface area contributed by atoms with E-state index in [9.17, 15) is 9.59 Å². The van der Waals surface area contributed by atoms with Gasteiger partial charge in [0, 0.05) is 25.9 Å². The van der Waals surface area contributed by atoms with Crippen molar-refractivity contribution >= 4 is 35.0 Å². The standard InChI is InChI=1S/C30H32Cl2N2O4/c1-2-3-15-33-30(36)26(17-21-7-5-4-6-8-21)34(19-23-9-12-24(31)25(32)16-23)29(35)14-11-22-10-13-27-28(18-22)38-20-37-27/h4-10,12-13,16,18,26H,2-3,11,14-15,17,19-20H2,1H3,(H,33,36)/t26-/m0/s1. The van der Waals surface area contributed by atoms with Crippen LogP contribution in [0.1, 0.15) is 42.9 Å². The molecule has 3 aromatic rings. The number of rotatable bonds is 12. The molecule has 200 valence electrons. The van der Waals surface area contributed by atoms with Crippen LogP contribution in [0.3, 0.4) is 0 Å². The first-order chi connectivity index (χ1) is 18.4. The van der Waals surface area contributed by atoms with Crippen LogP contribution < -0.4 is 14.8 Å². The second-order valence-electron chi connectivity index (χ2n) is 9.31. The van der Waals surface area contributed by atoms with Crippen LogP contribution in [0.2, 0.25) is 10.0 Å². The third-order valence-electron chi connectivity index (χ3n) is 6.50. The SMILES string of the molecule is CCCCNC(=O)[C@H](Cc1ccccc1)N(Cc1ccc(Cl)c(Cl)c1)C(=O)CCc1ccc2c(c1)OCO2. The molecule has 1 aliphatic heterocycles. The van der Waals surface area contributed by atoms with Gasteiger partial charge in [-0.2, -0.15) is 0 Å². The normalized spacial score (nSPS) is 12.7. The minimum Gasteiger partial charge on any atom is -0.454 e. The van der Waals surface area contributed by atoms with Crippen molar-refractivity contribution in [3.8, 4) is 11.5 Å². The molecular formula is C30H32Cl2N2O4. The van der Waals surface area contributed by atoms with Gasteiger partial charge in [0.2, 0.25) is 18.6 Å². The lowest BCUT2D eigenvalue weighted by Crippen LogP contribution is -2.50. The molecule has 1 atom stereocenters. The number of hydrogen-bond donors (Lipinski definition) is 1. The molecule has 0 bridgehead atoms. The zero-order chi connectivity index (χ0) is 26.9. The van der Waals surface area contributed by atoms with Crippen LogP contribution in [0.5, 0.6) is 11.5 Å². The summed E-state index contributed by atoms with van der Waals surface area (Å²) in [7, 11) is 0. The first kappa shape index (κ1) is 27.8. The first-order valence-corrected chi connectivity index (χ1v) is 13.6. The molecule has 2 amide bonds. The van der Waals surface area contributed by atoms with Crippen molar-refractivity contribution in [3.05, 3.63) is 93.5 Å². The van der Waals surface area contributed by atoms with Gasteiger partial charge in [0.15, 0.2) is 11.5 Å². The minimum atomic E-state index is -0.687. The number of hydrogen-bond acceptors (Lipinski definition) is 4. The molecule has 0 spiro atoms. The summed E-state index contributed by atoms with van der Waals surface area (Å²) in [6.45, 7) is 3.06. The molecule has 3 aromatic carbocycles. The Bertz CT molecular complexity index is 1250. The average Bonchev–Trinajstić information content (AvgIpc) is 3.40. The van der Waals surface area contributed by atoms with Gasteiger partial charge < -0.3 is 19.7 Å². The number of nitrogens with zero attached hydrogens (tertiary/aromatic N) is 1. The van der Waals surface area contributed by atoms with Crippen molar-refractivity contribution in [3.63, 3.8) is 0 Å². The summed E-state index contributed by atoms with van der Waals surface area (Å²) in [6, 6.07) is 20.0. The Morgan fingerprint density at radius 1 is 0.921 bits per heavy atom. The number of benzene rings is 3. The molecule has 1 heterocycles. The Kier molecular flexibility index (Phi) is 9.91. The second kappa shape index (κ2) is 13.5. The second-order valence-corrected chi connectivity index (χ2v) is 10.1. The van der Waals surface area contributed by atoms with Gasteiger partial charge in [0.25, 0.3) is 0 Å². The minimum absolute atomic E-state index is 0.125. The van der Waals surface area contributed by atoms with Crippen LogP contribution in [0.15, 0.2) is 66.7 Å². The molecule has 1 aliphatic rings. The van der Waals surface area contributed by atoms with Gasteiger partial charge in [-0.3, -0.25) is 9.59 Å². The van der Waals surface area contributed by atoms with Crippen molar-refractivity contribution in [2.45, 2.75) is 51.6 Å². The van der Waals surface area contributed by atoms with E-state index in [1.807, 2.05) is 54.6 Å². The van der Waals surface area contributed by atoms with Gasteiger partial charge >= 0.3 is 0 Å². The Morgan fingerprint density at radius 3 is 2.45 bits per heavy atom. The van der Waals surface area contributed by atoms with Gasteiger partial charge in [-0.05, 0) is 53.8 Å². The summed E-state index contributed by atoms with van der Waals surface area (Å²) in [5.41, 5.74) is 2.74. The molecular weight excluding hydrogens is 523 g/mol. The summed E-state index contributed by atoms with van der Waals surface area (Å²) in [4.78, 5) is 29.0. The fraction of sp³-hybridized carbons (Fsp3) is 0.333. The fourth-order valence-electron chi connectivity index (χ4n) is 4.39. The number of nitrogens with one attached hydrogen (secondary N) is 1. The third-order valence-corrected chi connectivity index (χ3v) is 7.24. The van der Waals surface area contributed by atoms with E-state index in [1.54, 1.807) is 17.0 Å². The summed E-state index contributed by atoms with van der Waals surface area (Å²) in [5, 5.41) is 3.88. The molecule has 0 aliphatic carbocycles. The number of aryl methyl sites for hydroxylation is 1. The van der Waals surface area contributed by atoms with Crippen LogP contribution in [-0.2, 0) is 29.0 Å². The van der Waals surface area contributed by atoms with Crippen molar-refractivity contribution in [2.75, 3.05) is 13.3 Å². The van der Waals surface area contributed by atoms with E-state index in [1.165, 1.54) is 0 Å². The number of ether oxygens (including phenoxy) is 2. The van der Waals surface area contributed by atoms with Gasteiger partial charge in [0.05, 0.1) is 10.0 Å². The number of carbonyl (C=O) groups excluding carboxylic acids is 2. The predicted molar refractivity (Wildman–Crippen MR) is 150 cm³/mol. The monoisotopic (exact) mass is 554 g/mol.